The molecule has 1 unspecified atom stereocenters. The molecule has 16 heavy (non-hydrogen) atoms. The minimum Gasteiger partial charge on any atom is -0.380 e. The maximum Gasteiger partial charge on any atom is 0.0616 e. The fourth-order valence-corrected chi connectivity index (χ4v) is 1.45. The summed E-state index contributed by atoms with van der Waals surface area (Å²) in [5.74, 6) is 0. The van der Waals surface area contributed by atoms with Crippen LogP contribution in [0.2, 0.25) is 0 Å². The Bertz CT molecular complexity index is 151. The first-order valence-corrected chi connectivity index (χ1v) is 6.59. The van der Waals surface area contributed by atoms with E-state index in [0.29, 0.717) is 12.1 Å². The van der Waals surface area contributed by atoms with Crippen LogP contribution in [0.4, 0.5) is 0 Å². The van der Waals surface area contributed by atoms with E-state index in [9.17, 15) is 0 Å². The van der Waals surface area contributed by atoms with E-state index < -0.39 is 0 Å². The lowest BCUT2D eigenvalue weighted by Crippen LogP contribution is -2.32. The van der Waals surface area contributed by atoms with Gasteiger partial charge in [-0.1, -0.05) is 0 Å². The molecule has 0 heterocycles. The summed E-state index contributed by atoms with van der Waals surface area (Å²) in [7, 11) is 2.19. The Morgan fingerprint density at radius 3 is 2.44 bits per heavy atom. The van der Waals surface area contributed by atoms with E-state index in [0.717, 1.165) is 19.8 Å². The minimum atomic E-state index is 0.475. The van der Waals surface area contributed by atoms with Gasteiger partial charge in [0.2, 0.25) is 0 Å². The van der Waals surface area contributed by atoms with Crippen LogP contribution < -0.4 is 5.32 Å². The Hall–Kier alpha value is -0.120. The average molecular weight is 230 g/mol. The molecule has 3 heteroatoms. The van der Waals surface area contributed by atoms with Gasteiger partial charge in [-0.15, -0.1) is 0 Å². The molecule has 0 radical (unpaired) electrons. The highest BCUT2D eigenvalue weighted by atomic mass is 16.5. The van der Waals surface area contributed by atoms with Crippen LogP contribution in [0.5, 0.6) is 0 Å². The number of nitrogens with zero attached hydrogens (tertiary/aromatic N) is 1. The minimum absolute atomic E-state index is 0.475. The van der Waals surface area contributed by atoms with Crippen molar-refractivity contribution >= 4 is 0 Å². The van der Waals surface area contributed by atoms with Crippen molar-refractivity contribution in [3.05, 3.63) is 0 Å². The Morgan fingerprint density at radius 1 is 1.19 bits per heavy atom. The standard InChI is InChI=1S/C13H30N2O/c1-6-16-11-13(4)14-9-7-8-10-15(5)12(2)3/h12-14H,6-11H2,1-5H3. The van der Waals surface area contributed by atoms with Gasteiger partial charge in [0.15, 0.2) is 0 Å². The van der Waals surface area contributed by atoms with E-state index in [4.69, 9.17) is 4.74 Å². The molecule has 0 rings (SSSR count). The monoisotopic (exact) mass is 230 g/mol. The molecule has 0 fully saturated rings. The normalized spacial score (nSPS) is 13.7. The highest BCUT2D eigenvalue weighted by molar-refractivity contribution is 4.61. The predicted molar refractivity (Wildman–Crippen MR) is 71.0 cm³/mol. The smallest absolute Gasteiger partial charge is 0.0616 e. The van der Waals surface area contributed by atoms with Crippen LogP contribution in [-0.4, -0.2) is 50.3 Å². The second kappa shape index (κ2) is 10.1. The van der Waals surface area contributed by atoms with Gasteiger partial charge >= 0.3 is 0 Å². The molecule has 0 aliphatic carbocycles. The summed E-state index contributed by atoms with van der Waals surface area (Å²) in [5, 5.41) is 3.48. The third-order valence-electron chi connectivity index (χ3n) is 2.88. The Balaban J connectivity index is 3.26. The molecule has 0 aromatic rings. The molecule has 98 valence electrons. The van der Waals surface area contributed by atoms with Gasteiger partial charge in [-0.05, 0) is 60.7 Å². The number of rotatable bonds is 10. The molecule has 0 spiro atoms. The Kier molecular flexibility index (Phi) is 9.99. The lowest BCUT2D eigenvalue weighted by molar-refractivity contribution is 0.127. The molecule has 3 nitrogen and oxygen atoms in total. The molecule has 0 aliphatic rings. The van der Waals surface area contributed by atoms with Gasteiger partial charge in [0.05, 0.1) is 6.61 Å². The fraction of sp³-hybridized carbons (Fsp3) is 1.00. The van der Waals surface area contributed by atoms with Crippen LogP contribution in [0.15, 0.2) is 0 Å². The number of ether oxygens (including phenoxy) is 1. The van der Waals surface area contributed by atoms with Gasteiger partial charge in [0, 0.05) is 18.7 Å². The molecule has 1 atom stereocenters. The molecule has 0 bridgehead atoms. The van der Waals surface area contributed by atoms with E-state index in [-0.39, 0.29) is 0 Å². The molecule has 0 aliphatic heterocycles. The Labute approximate surface area is 102 Å². The summed E-state index contributed by atoms with van der Waals surface area (Å²) in [4.78, 5) is 2.39. The highest BCUT2D eigenvalue weighted by Gasteiger charge is 2.03. The van der Waals surface area contributed by atoms with Crippen molar-refractivity contribution in [3.8, 4) is 0 Å². The van der Waals surface area contributed by atoms with Gasteiger partial charge in [0.25, 0.3) is 0 Å². The first-order chi connectivity index (χ1) is 7.57. The van der Waals surface area contributed by atoms with Crippen molar-refractivity contribution in [1.29, 1.82) is 0 Å². The Morgan fingerprint density at radius 2 is 1.88 bits per heavy atom. The van der Waals surface area contributed by atoms with Crippen molar-refractivity contribution < 1.29 is 4.74 Å². The maximum absolute atomic E-state index is 5.35. The number of hydrogen-bond acceptors (Lipinski definition) is 3. The summed E-state index contributed by atoms with van der Waals surface area (Å²) in [5.41, 5.74) is 0. The molecule has 0 aromatic heterocycles. The summed E-state index contributed by atoms with van der Waals surface area (Å²) in [6.45, 7) is 12.6. The van der Waals surface area contributed by atoms with Gasteiger partial charge < -0.3 is 15.0 Å². The van der Waals surface area contributed by atoms with Gasteiger partial charge in [-0.25, -0.2) is 0 Å². The van der Waals surface area contributed by atoms with Gasteiger partial charge in [-0.3, -0.25) is 0 Å². The zero-order valence-corrected chi connectivity index (χ0v) is 11.8. The fourth-order valence-electron chi connectivity index (χ4n) is 1.45. The number of unbranched alkanes of at least 4 members (excludes halogenated alkanes) is 1. The van der Waals surface area contributed by atoms with Crippen LogP contribution in [-0.2, 0) is 4.74 Å². The second-order valence-corrected chi connectivity index (χ2v) is 4.80. The van der Waals surface area contributed by atoms with Crippen molar-refractivity contribution in [3.63, 3.8) is 0 Å². The third-order valence-corrected chi connectivity index (χ3v) is 2.88. The van der Waals surface area contributed by atoms with E-state index in [1.54, 1.807) is 0 Å². The molecular weight excluding hydrogens is 200 g/mol. The SMILES string of the molecule is CCOCC(C)NCCCCN(C)C(C)C. The molecule has 0 amide bonds. The third kappa shape index (κ3) is 9.13. The zero-order valence-electron chi connectivity index (χ0n) is 11.8. The number of hydrogen-bond donors (Lipinski definition) is 1. The summed E-state index contributed by atoms with van der Waals surface area (Å²) in [6, 6.07) is 1.13. The predicted octanol–water partition coefficient (Wildman–Crippen LogP) is 2.12. The lowest BCUT2D eigenvalue weighted by atomic mass is 10.2. The molecule has 0 aromatic carbocycles. The van der Waals surface area contributed by atoms with Crippen molar-refractivity contribution in [2.45, 2.75) is 52.6 Å². The van der Waals surface area contributed by atoms with E-state index in [2.05, 4.69) is 38.0 Å². The van der Waals surface area contributed by atoms with Crippen molar-refractivity contribution in [2.24, 2.45) is 0 Å². The topological polar surface area (TPSA) is 24.5 Å². The van der Waals surface area contributed by atoms with Crippen LogP contribution in [0.3, 0.4) is 0 Å². The average Bonchev–Trinajstić information content (AvgIpc) is 2.25. The maximum atomic E-state index is 5.35. The highest BCUT2D eigenvalue weighted by Crippen LogP contribution is 1.97. The lowest BCUT2D eigenvalue weighted by Gasteiger charge is -2.21. The van der Waals surface area contributed by atoms with Crippen LogP contribution in [0.1, 0.15) is 40.5 Å². The van der Waals surface area contributed by atoms with Crippen LogP contribution in [0.25, 0.3) is 0 Å². The summed E-state index contributed by atoms with van der Waals surface area (Å²) in [6.07, 6.45) is 2.51. The van der Waals surface area contributed by atoms with Crippen LogP contribution >= 0.6 is 0 Å². The van der Waals surface area contributed by atoms with E-state index in [1.807, 2.05) is 6.92 Å². The van der Waals surface area contributed by atoms with Crippen molar-refractivity contribution in [1.82, 2.24) is 10.2 Å². The van der Waals surface area contributed by atoms with Gasteiger partial charge in [0.1, 0.15) is 0 Å². The van der Waals surface area contributed by atoms with Crippen LogP contribution in [0, 0.1) is 0 Å². The molecular formula is C13H30N2O. The molecule has 0 saturated heterocycles. The zero-order chi connectivity index (χ0) is 12.4. The van der Waals surface area contributed by atoms with E-state index >= 15 is 0 Å². The number of nitrogens with one attached hydrogen (secondary N) is 1. The molecule has 0 saturated carbocycles. The largest absolute Gasteiger partial charge is 0.380 e. The first kappa shape index (κ1) is 15.9. The first-order valence-electron chi connectivity index (χ1n) is 6.59. The summed E-state index contributed by atoms with van der Waals surface area (Å²) >= 11 is 0. The van der Waals surface area contributed by atoms with Crippen molar-refractivity contribution in [2.75, 3.05) is 33.4 Å². The molecule has 1 N–H and O–H groups in total. The quantitative estimate of drug-likeness (QED) is 0.582. The van der Waals surface area contributed by atoms with E-state index in [1.165, 1.54) is 19.4 Å². The summed E-state index contributed by atoms with van der Waals surface area (Å²) < 4.78 is 5.35. The second-order valence-electron chi connectivity index (χ2n) is 4.80. The van der Waals surface area contributed by atoms with Gasteiger partial charge in [-0.2, -0.15) is 0 Å².